The minimum absolute atomic E-state index is 0.0158. The molecule has 3 rings (SSSR count). The van der Waals surface area contributed by atoms with E-state index in [1.54, 1.807) is 0 Å². The van der Waals surface area contributed by atoms with Gasteiger partial charge < -0.3 is 30.8 Å². The van der Waals surface area contributed by atoms with Gasteiger partial charge >= 0.3 is 23.9 Å². The number of aliphatic carboxylic acids is 4. The molecule has 208 valence electrons. The molecule has 14 heteroatoms. The number of piperazine rings is 1. The molecule has 0 radical (unpaired) electrons. The van der Waals surface area contributed by atoms with E-state index in [2.05, 4.69) is 22.0 Å². The molecular weight excluding hydrogens is 504 g/mol. The number of aliphatic hydroxyl groups is 1. The highest BCUT2D eigenvalue weighted by Gasteiger charge is 2.20. The molecule has 38 heavy (non-hydrogen) atoms. The molecular formula is C24H32N4O10. The number of aryl methyl sites for hydroxylation is 1. The summed E-state index contributed by atoms with van der Waals surface area (Å²) >= 11 is 0. The Balaban J connectivity index is 0.000000503. The quantitative estimate of drug-likeness (QED) is 0.267. The summed E-state index contributed by atoms with van der Waals surface area (Å²) in [6, 6.07) is 7.95. The molecule has 1 saturated heterocycles. The summed E-state index contributed by atoms with van der Waals surface area (Å²) in [7, 11) is 0. The first-order valence-corrected chi connectivity index (χ1v) is 11.6. The van der Waals surface area contributed by atoms with E-state index in [0.717, 1.165) is 60.4 Å². The van der Waals surface area contributed by atoms with Crippen molar-refractivity contribution in [2.75, 3.05) is 51.2 Å². The number of amides is 1. The molecule has 1 aromatic carbocycles. The zero-order chi connectivity index (χ0) is 28.8. The summed E-state index contributed by atoms with van der Waals surface area (Å²) in [5.41, 5.74) is 3.88. The number of nitrogens with zero attached hydrogens (tertiary/aromatic N) is 3. The fourth-order valence-corrected chi connectivity index (χ4v) is 3.56. The van der Waals surface area contributed by atoms with Gasteiger partial charge in [0.2, 0.25) is 5.91 Å². The molecule has 2 heterocycles. The standard InChI is InChI=1S/C20H28N4O2.2C2H2O4/c1-3-17-15(2)20(16-6-4-5-7-18(16)21-17)22-19(26)14-24-10-8-23(9-11-24)12-13-25;2*3-1(4)2(5)6/h4-7,25H,3,8-14H2,1-2H3,(H,21,22,26);2*(H,3,4)(H,5,6). The number of carbonyl (C=O) groups is 5. The monoisotopic (exact) mass is 536 g/mol. The van der Waals surface area contributed by atoms with Gasteiger partial charge in [0.05, 0.1) is 24.4 Å². The third-order valence-electron chi connectivity index (χ3n) is 5.45. The lowest BCUT2D eigenvalue weighted by Gasteiger charge is -2.33. The molecule has 0 spiro atoms. The topological polar surface area (TPSA) is 218 Å². The number of benzene rings is 1. The fourth-order valence-electron chi connectivity index (χ4n) is 3.56. The van der Waals surface area contributed by atoms with Gasteiger partial charge in [-0.1, -0.05) is 25.1 Å². The number of anilines is 1. The summed E-state index contributed by atoms with van der Waals surface area (Å²) in [6.45, 7) is 8.90. The average molecular weight is 537 g/mol. The Labute approximate surface area is 218 Å². The molecule has 1 aromatic heterocycles. The van der Waals surface area contributed by atoms with E-state index >= 15 is 0 Å². The van der Waals surface area contributed by atoms with E-state index in [4.69, 9.17) is 49.7 Å². The van der Waals surface area contributed by atoms with Crippen LogP contribution in [0.5, 0.6) is 0 Å². The Morgan fingerprint density at radius 2 is 1.37 bits per heavy atom. The Kier molecular flexibility index (Phi) is 13.3. The maximum atomic E-state index is 12.7. The van der Waals surface area contributed by atoms with E-state index in [-0.39, 0.29) is 12.5 Å². The first-order valence-electron chi connectivity index (χ1n) is 11.6. The number of fused-ring (bicyclic) bond motifs is 1. The van der Waals surface area contributed by atoms with Crippen LogP contribution in [0.25, 0.3) is 10.9 Å². The summed E-state index contributed by atoms with van der Waals surface area (Å²) in [4.78, 5) is 58.2. The van der Waals surface area contributed by atoms with Gasteiger partial charge in [-0.3, -0.25) is 19.6 Å². The maximum Gasteiger partial charge on any atom is 0.414 e. The van der Waals surface area contributed by atoms with Crippen LogP contribution in [0.1, 0.15) is 18.2 Å². The maximum absolute atomic E-state index is 12.7. The lowest BCUT2D eigenvalue weighted by Crippen LogP contribution is -2.49. The second-order valence-corrected chi connectivity index (χ2v) is 8.04. The van der Waals surface area contributed by atoms with Gasteiger partial charge in [0, 0.05) is 43.8 Å². The molecule has 0 atom stereocenters. The fraction of sp³-hybridized carbons (Fsp3) is 0.417. The van der Waals surface area contributed by atoms with Crippen LogP contribution in [0.4, 0.5) is 5.69 Å². The van der Waals surface area contributed by atoms with E-state index in [1.165, 1.54) is 0 Å². The van der Waals surface area contributed by atoms with Crippen molar-refractivity contribution in [3.05, 3.63) is 35.5 Å². The Morgan fingerprint density at radius 3 is 1.84 bits per heavy atom. The van der Waals surface area contributed by atoms with Crippen molar-refractivity contribution < 1.29 is 49.5 Å². The number of carboxylic acid groups (broad SMARTS) is 4. The predicted octanol–water partition coefficient (Wildman–Crippen LogP) is -0.0348. The minimum atomic E-state index is -1.82. The van der Waals surface area contributed by atoms with Crippen LogP contribution in [0.3, 0.4) is 0 Å². The molecule has 1 aliphatic rings. The number of nitrogens with one attached hydrogen (secondary N) is 1. The summed E-state index contributed by atoms with van der Waals surface area (Å²) < 4.78 is 0. The number of para-hydroxylation sites is 1. The normalized spacial score (nSPS) is 13.3. The van der Waals surface area contributed by atoms with Gasteiger partial charge in [0.1, 0.15) is 0 Å². The van der Waals surface area contributed by atoms with Crippen molar-refractivity contribution in [1.29, 1.82) is 0 Å². The molecule has 0 aliphatic carbocycles. The lowest BCUT2D eigenvalue weighted by atomic mass is 10.1. The second kappa shape index (κ2) is 15.9. The summed E-state index contributed by atoms with van der Waals surface area (Å²) in [5, 5.41) is 42.7. The Morgan fingerprint density at radius 1 is 0.868 bits per heavy atom. The number of hydrogen-bond donors (Lipinski definition) is 6. The second-order valence-electron chi connectivity index (χ2n) is 8.04. The summed E-state index contributed by atoms with van der Waals surface area (Å²) in [6.07, 6.45) is 0.840. The highest BCUT2D eigenvalue weighted by molar-refractivity contribution is 6.27. The van der Waals surface area contributed by atoms with Crippen LogP contribution in [-0.4, -0.2) is 116 Å². The Hall–Kier alpha value is -4.14. The molecule has 14 nitrogen and oxygen atoms in total. The van der Waals surface area contributed by atoms with Crippen LogP contribution < -0.4 is 5.32 Å². The van der Waals surface area contributed by atoms with Crippen molar-refractivity contribution in [3.8, 4) is 0 Å². The van der Waals surface area contributed by atoms with Crippen LogP contribution in [0.2, 0.25) is 0 Å². The van der Waals surface area contributed by atoms with Crippen molar-refractivity contribution >= 4 is 46.4 Å². The molecule has 1 fully saturated rings. The molecule has 1 aliphatic heterocycles. The zero-order valence-electron chi connectivity index (χ0n) is 21.1. The SMILES string of the molecule is CCc1nc2ccccc2c(NC(=O)CN2CCN(CCO)CC2)c1C.O=C(O)C(=O)O.O=C(O)C(=O)O. The van der Waals surface area contributed by atoms with Crippen LogP contribution in [0, 0.1) is 6.92 Å². The smallest absolute Gasteiger partial charge is 0.414 e. The van der Waals surface area contributed by atoms with Gasteiger partial charge in [-0.2, -0.15) is 0 Å². The van der Waals surface area contributed by atoms with E-state index in [9.17, 15) is 4.79 Å². The van der Waals surface area contributed by atoms with Crippen LogP contribution in [-0.2, 0) is 30.4 Å². The first kappa shape index (κ1) is 31.9. The molecule has 2 aromatic rings. The van der Waals surface area contributed by atoms with Gasteiger partial charge in [0.15, 0.2) is 0 Å². The lowest BCUT2D eigenvalue weighted by molar-refractivity contribution is -0.159. The number of pyridine rings is 1. The highest BCUT2D eigenvalue weighted by atomic mass is 16.4. The third kappa shape index (κ3) is 10.5. The van der Waals surface area contributed by atoms with Crippen LogP contribution in [0.15, 0.2) is 24.3 Å². The molecule has 1 amide bonds. The van der Waals surface area contributed by atoms with Gasteiger partial charge in [0.25, 0.3) is 0 Å². The van der Waals surface area contributed by atoms with Gasteiger partial charge in [-0.05, 0) is 25.0 Å². The largest absolute Gasteiger partial charge is 0.473 e. The first-order chi connectivity index (χ1) is 17.9. The number of rotatable bonds is 6. The number of β-amino-alcohol motifs (C(OH)–C–C–N with tert-alkyl or cyclic N) is 1. The van der Waals surface area contributed by atoms with Gasteiger partial charge in [-0.25, -0.2) is 19.2 Å². The highest BCUT2D eigenvalue weighted by Crippen LogP contribution is 2.28. The van der Waals surface area contributed by atoms with E-state index < -0.39 is 23.9 Å². The number of aliphatic hydroxyl groups excluding tert-OH is 1. The van der Waals surface area contributed by atoms with E-state index in [0.29, 0.717) is 13.1 Å². The van der Waals surface area contributed by atoms with Crippen molar-refractivity contribution in [2.24, 2.45) is 0 Å². The molecule has 6 N–H and O–H groups in total. The van der Waals surface area contributed by atoms with Crippen LogP contribution >= 0.6 is 0 Å². The average Bonchev–Trinajstić information content (AvgIpc) is 2.87. The van der Waals surface area contributed by atoms with Crippen molar-refractivity contribution in [1.82, 2.24) is 14.8 Å². The minimum Gasteiger partial charge on any atom is -0.473 e. The van der Waals surface area contributed by atoms with E-state index in [1.807, 2.05) is 31.2 Å². The summed E-state index contributed by atoms with van der Waals surface area (Å²) in [5.74, 6) is -7.28. The van der Waals surface area contributed by atoms with Gasteiger partial charge in [-0.15, -0.1) is 0 Å². The van der Waals surface area contributed by atoms with Crippen molar-refractivity contribution in [3.63, 3.8) is 0 Å². The molecule has 0 saturated carbocycles. The zero-order valence-corrected chi connectivity index (χ0v) is 21.1. The number of carbonyl (C=O) groups excluding carboxylic acids is 1. The molecule has 0 unspecified atom stereocenters. The number of hydrogen-bond acceptors (Lipinski definition) is 9. The molecule has 0 bridgehead atoms. The van der Waals surface area contributed by atoms with Crippen molar-refractivity contribution in [2.45, 2.75) is 20.3 Å². The number of aromatic nitrogens is 1. The third-order valence-corrected chi connectivity index (χ3v) is 5.45. The Bertz CT molecular complexity index is 1100. The predicted molar refractivity (Wildman–Crippen MR) is 135 cm³/mol. The number of carboxylic acids is 4.